The Hall–Kier alpha value is -0.700. The maximum absolute atomic E-state index is 12.5. The molecular weight excluding hydrogens is 270 g/mol. The Kier molecular flexibility index (Phi) is 6.18. The van der Waals surface area contributed by atoms with Crippen molar-refractivity contribution in [1.29, 1.82) is 0 Å². The minimum Gasteiger partial charge on any atom is -0.383 e. The van der Waals surface area contributed by atoms with Gasteiger partial charge in [-0.05, 0) is 19.8 Å². The molecule has 1 atom stereocenters. The van der Waals surface area contributed by atoms with Crippen molar-refractivity contribution in [3.8, 4) is 0 Å². The fourth-order valence-electron chi connectivity index (χ4n) is 2.21. The number of rotatable bonds is 7. The third kappa shape index (κ3) is 4.41. The van der Waals surface area contributed by atoms with Crippen molar-refractivity contribution in [2.24, 2.45) is 5.73 Å². The molecule has 1 rings (SSSR count). The zero-order chi connectivity index (χ0) is 14.5. The number of amides is 1. The number of nitrogens with zero attached hydrogens (tertiary/aromatic N) is 2. The lowest BCUT2D eigenvalue weighted by molar-refractivity contribution is -0.118. The lowest BCUT2D eigenvalue weighted by Gasteiger charge is -2.35. The molecule has 0 aromatic heterocycles. The van der Waals surface area contributed by atoms with Crippen LogP contribution in [0, 0.1) is 0 Å². The maximum atomic E-state index is 12.5. The number of nitrogens with two attached hydrogens (primary N) is 1. The maximum Gasteiger partial charge on any atom is 0.282 e. The first-order chi connectivity index (χ1) is 8.89. The standard InChI is InChI=1S/C11H23N3O4S/c1-10-5-3-4-6-14(10)19(16,17)13(7-8-18-2)9-11(12)15/h10H,3-9H2,1-2H3,(H2,12,15). The summed E-state index contributed by atoms with van der Waals surface area (Å²) in [4.78, 5) is 11.0. The Morgan fingerprint density at radius 3 is 2.68 bits per heavy atom. The fourth-order valence-corrected chi connectivity index (χ4v) is 4.02. The third-order valence-electron chi connectivity index (χ3n) is 3.24. The summed E-state index contributed by atoms with van der Waals surface area (Å²) < 4.78 is 32.5. The third-order valence-corrected chi connectivity index (χ3v) is 5.34. The number of hydrogen-bond acceptors (Lipinski definition) is 4. The summed E-state index contributed by atoms with van der Waals surface area (Å²) in [5, 5.41) is 0. The number of primary amides is 1. The quantitative estimate of drug-likeness (QED) is 0.687. The summed E-state index contributed by atoms with van der Waals surface area (Å²) in [5.41, 5.74) is 5.12. The van der Waals surface area contributed by atoms with Crippen LogP contribution in [0.15, 0.2) is 0 Å². The van der Waals surface area contributed by atoms with Gasteiger partial charge < -0.3 is 10.5 Å². The fraction of sp³-hybridized carbons (Fsp3) is 0.909. The minimum atomic E-state index is -3.65. The molecule has 1 unspecified atom stereocenters. The van der Waals surface area contributed by atoms with Gasteiger partial charge in [-0.25, -0.2) is 0 Å². The molecule has 112 valence electrons. The van der Waals surface area contributed by atoms with Crippen LogP contribution in [-0.2, 0) is 19.7 Å². The molecule has 19 heavy (non-hydrogen) atoms. The van der Waals surface area contributed by atoms with Gasteiger partial charge in [0.25, 0.3) is 10.2 Å². The van der Waals surface area contributed by atoms with Crippen LogP contribution in [0.5, 0.6) is 0 Å². The second kappa shape index (κ2) is 7.18. The van der Waals surface area contributed by atoms with E-state index in [2.05, 4.69) is 0 Å². The van der Waals surface area contributed by atoms with Gasteiger partial charge in [0.2, 0.25) is 5.91 Å². The molecule has 0 aromatic rings. The van der Waals surface area contributed by atoms with Gasteiger partial charge in [0.05, 0.1) is 13.2 Å². The van der Waals surface area contributed by atoms with Gasteiger partial charge in [0.1, 0.15) is 0 Å². The van der Waals surface area contributed by atoms with Crippen molar-refractivity contribution < 1.29 is 17.9 Å². The molecule has 0 aliphatic carbocycles. The van der Waals surface area contributed by atoms with Crippen LogP contribution in [-0.4, -0.2) is 62.3 Å². The molecule has 1 fully saturated rings. The van der Waals surface area contributed by atoms with Crippen LogP contribution in [0.2, 0.25) is 0 Å². The lowest BCUT2D eigenvalue weighted by atomic mass is 10.1. The molecule has 1 saturated heterocycles. The van der Waals surface area contributed by atoms with Crippen molar-refractivity contribution in [3.63, 3.8) is 0 Å². The van der Waals surface area contributed by atoms with Gasteiger partial charge in [-0.3, -0.25) is 4.79 Å². The Labute approximate surface area is 114 Å². The van der Waals surface area contributed by atoms with E-state index in [1.807, 2.05) is 6.92 Å². The molecule has 0 radical (unpaired) electrons. The van der Waals surface area contributed by atoms with E-state index in [9.17, 15) is 13.2 Å². The molecule has 0 aromatic carbocycles. The Morgan fingerprint density at radius 2 is 2.16 bits per heavy atom. The molecule has 1 amide bonds. The van der Waals surface area contributed by atoms with E-state index in [0.717, 1.165) is 23.6 Å². The minimum absolute atomic E-state index is 0.0447. The van der Waals surface area contributed by atoms with Gasteiger partial charge in [-0.2, -0.15) is 17.0 Å². The van der Waals surface area contributed by atoms with E-state index in [0.29, 0.717) is 6.54 Å². The SMILES string of the molecule is COCCN(CC(N)=O)S(=O)(=O)N1CCCCC1C. The number of carbonyl (C=O) groups is 1. The van der Waals surface area contributed by atoms with Crippen LogP contribution in [0.3, 0.4) is 0 Å². The van der Waals surface area contributed by atoms with E-state index < -0.39 is 16.1 Å². The molecule has 0 spiro atoms. The van der Waals surface area contributed by atoms with Crippen LogP contribution < -0.4 is 5.73 Å². The largest absolute Gasteiger partial charge is 0.383 e. The highest BCUT2D eigenvalue weighted by molar-refractivity contribution is 7.86. The van der Waals surface area contributed by atoms with E-state index in [1.165, 1.54) is 11.4 Å². The molecule has 2 N–H and O–H groups in total. The van der Waals surface area contributed by atoms with Gasteiger partial charge in [0, 0.05) is 26.2 Å². The average molecular weight is 293 g/mol. The number of ether oxygens (including phenoxy) is 1. The zero-order valence-corrected chi connectivity index (χ0v) is 12.4. The number of methoxy groups -OCH3 is 1. The highest BCUT2D eigenvalue weighted by Gasteiger charge is 2.34. The first-order valence-corrected chi connectivity index (χ1v) is 7.83. The van der Waals surface area contributed by atoms with Gasteiger partial charge in [-0.15, -0.1) is 0 Å². The summed E-state index contributed by atoms with van der Waals surface area (Å²) in [6.45, 7) is 2.43. The molecule has 0 bridgehead atoms. The van der Waals surface area contributed by atoms with Gasteiger partial charge >= 0.3 is 0 Å². The molecule has 1 aliphatic rings. The summed E-state index contributed by atoms with van der Waals surface area (Å²) in [6, 6.07) is -0.0447. The number of carbonyl (C=O) groups excluding carboxylic acids is 1. The molecule has 8 heteroatoms. The zero-order valence-electron chi connectivity index (χ0n) is 11.5. The van der Waals surface area contributed by atoms with E-state index in [1.54, 1.807) is 0 Å². The second-order valence-corrected chi connectivity index (χ2v) is 6.64. The molecule has 0 saturated carbocycles. The lowest BCUT2D eigenvalue weighted by Crippen LogP contribution is -2.52. The van der Waals surface area contributed by atoms with Crippen molar-refractivity contribution >= 4 is 16.1 Å². The first-order valence-electron chi connectivity index (χ1n) is 6.43. The highest BCUT2D eigenvalue weighted by Crippen LogP contribution is 2.22. The van der Waals surface area contributed by atoms with Crippen LogP contribution in [0.1, 0.15) is 26.2 Å². The number of piperidine rings is 1. The first kappa shape index (κ1) is 16.4. The Bertz CT molecular complexity index is 399. The second-order valence-electron chi connectivity index (χ2n) is 4.76. The van der Waals surface area contributed by atoms with E-state index in [-0.39, 0.29) is 25.7 Å². The van der Waals surface area contributed by atoms with Crippen molar-refractivity contribution in [3.05, 3.63) is 0 Å². The van der Waals surface area contributed by atoms with Crippen molar-refractivity contribution in [2.45, 2.75) is 32.2 Å². The van der Waals surface area contributed by atoms with Gasteiger partial charge in [-0.1, -0.05) is 6.42 Å². The molecular formula is C11H23N3O4S. The Balaban J connectivity index is 2.86. The van der Waals surface area contributed by atoms with Crippen molar-refractivity contribution in [1.82, 2.24) is 8.61 Å². The molecule has 1 heterocycles. The molecule has 1 aliphatic heterocycles. The predicted molar refractivity (Wildman–Crippen MR) is 71.6 cm³/mol. The number of hydrogen-bond donors (Lipinski definition) is 1. The van der Waals surface area contributed by atoms with E-state index in [4.69, 9.17) is 10.5 Å². The monoisotopic (exact) mass is 293 g/mol. The van der Waals surface area contributed by atoms with E-state index >= 15 is 0 Å². The topological polar surface area (TPSA) is 92.9 Å². The smallest absolute Gasteiger partial charge is 0.282 e. The van der Waals surface area contributed by atoms with Crippen LogP contribution >= 0.6 is 0 Å². The average Bonchev–Trinajstić information content (AvgIpc) is 2.34. The predicted octanol–water partition coefficient (Wildman–Crippen LogP) is -0.461. The Morgan fingerprint density at radius 1 is 1.47 bits per heavy atom. The summed E-state index contributed by atoms with van der Waals surface area (Å²) >= 11 is 0. The highest BCUT2D eigenvalue weighted by atomic mass is 32.2. The van der Waals surface area contributed by atoms with Crippen LogP contribution in [0.25, 0.3) is 0 Å². The normalized spacial score (nSPS) is 21.7. The van der Waals surface area contributed by atoms with Gasteiger partial charge in [0.15, 0.2) is 0 Å². The summed E-state index contributed by atoms with van der Waals surface area (Å²) in [7, 11) is -2.17. The van der Waals surface area contributed by atoms with Crippen molar-refractivity contribution in [2.75, 3.05) is 33.4 Å². The summed E-state index contributed by atoms with van der Waals surface area (Å²) in [6.07, 6.45) is 2.72. The summed E-state index contributed by atoms with van der Waals surface area (Å²) in [5.74, 6) is -0.663. The molecule has 7 nitrogen and oxygen atoms in total. The van der Waals surface area contributed by atoms with Crippen LogP contribution in [0.4, 0.5) is 0 Å².